The van der Waals surface area contributed by atoms with Crippen molar-refractivity contribution >= 4 is 43.5 Å². The molecule has 20 heavy (non-hydrogen) atoms. The number of fused-ring (bicyclic) bond motifs is 1. The Morgan fingerprint density at radius 3 is 2.65 bits per heavy atom. The van der Waals surface area contributed by atoms with Crippen molar-refractivity contribution in [3.63, 3.8) is 0 Å². The number of thiazole rings is 1. The quantitative estimate of drug-likeness (QED) is 0.658. The first-order chi connectivity index (χ1) is 9.72. The number of ether oxygens (including phenoxy) is 1. The van der Waals surface area contributed by atoms with Gasteiger partial charge in [-0.1, -0.05) is 28.1 Å². The molecule has 0 unspecified atom stereocenters. The van der Waals surface area contributed by atoms with Gasteiger partial charge in [0.05, 0.1) is 15.8 Å². The number of hydrogen-bond acceptors (Lipinski definition) is 4. The Labute approximate surface area is 128 Å². The maximum Gasteiger partial charge on any atom is 0.338 e. The van der Waals surface area contributed by atoms with Crippen LogP contribution in [0.5, 0.6) is 0 Å². The van der Waals surface area contributed by atoms with E-state index in [4.69, 9.17) is 4.74 Å². The second kappa shape index (κ2) is 5.73. The van der Waals surface area contributed by atoms with Crippen LogP contribution in [0.3, 0.4) is 0 Å². The van der Waals surface area contributed by atoms with Crippen LogP contribution in [0.15, 0.2) is 53.0 Å². The lowest BCUT2D eigenvalue weighted by Gasteiger charge is -2.02. The number of para-hydroxylation sites is 1. The van der Waals surface area contributed by atoms with Gasteiger partial charge in [-0.2, -0.15) is 0 Å². The van der Waals surface area contributed by atoms with E-state index >= 15 is 0 Å². The highest BCUT2D eigenvalue weighted by molar-refractivity contribution is 9.10. The Hall–Kier alpha value is -1.72. The van der Waals surface area contributed by atoms with E-state index < -0.39 is 0 Å². The summed E-state index contributed by atoms with van der Waals surface area (Å²) in [6.45, 7) is 0.203. The molecule has 0 bridgehead atoms. The Morgan fingerprint density at radius 2 is 1.90 bits per heavy atom. The largest absolute Gasteiger partial charge is 0.455 e. The molecule has 0 spiro atoms. The van der Waals surface area contributed by atoms with E-state index in [1.165, 1.54) is 0 Å². The van der Waals surface area contributed by atoms with Crippen LogP contribution in [-0.2, 0) is 11.3 Å². The Kier molecular flexibility index (Phi) is 3.80. The summed E-state index contributed by atoms with van der Waals surface area (Å²) in [7, 11) is 0. The Bertz CT molecular complexity index is 719. The summed E-state index contributed by atoms with van der Waals surface area (Å²) in [5.41, 5.74) is 1.47. The van der Waals surface area contributed by atoms with Gasteiger partial charge in [0.2, 0.25) is 0 Å². The zero-order valence-corrected chi connectivity index (χ0v) is 12.8. The lowest BCUT2D eigenvalue weighted by molar-refractivity contribution is 0.0472. The van der Waals surface area contributed by atoms with Crippen LogP contribution in [0.2, 0.25) is 0 Å². The van der Waals surface area contributed by atoms with Crippen LogP contribution in [0, 0.1) is 0 Å². The molecule has 0 amide bonds. The summed E-state index contributed by atoms with van der Waals surface area (Å²) in [5, 5.41) is 0.802. The van der Waals surface area contributed by atoms with E-state index in [1.54, 1.807) is 23.5 Å². The number of hydrogen-bond donors (Lipinski definition) is 0. The van der Waals surface area contributed by atoms with Crippen molar-refractivity contribution in [1.82, 2.24) is 4.98 Å². The average Bonchev–Trinajstić information content (AvgIpc) is 2.88. The molecule has 3 nitrogen and oxygen atoms in total. The van der Waals surface area contributed by atoms with Crippen LogP contribution >= 0.6 is 27.3 Å². The summed E-state index contributed by atoms with van der Waals surface area (Å²) < 4.78 is 7.31. The van der Waals surface area contributed by atoms with Crippen molar-refractivity contribution in [3.8, 4) is 0 Å². The minimum Gasteiger partial charge on any atom is -0.455 e. The second-order valence-electron chi connectivity index (χ2n) is 4.16. The lowest BCUT2D eigenvalue weighted by Crippen LogP contribution is -2.04. The lowest BCUT2D eigenvalue weighted by atomic mass is 10.2. The maximum atomic E-state index is 11.9. The fraction of sp³-hybridized carbons (Fsp3) is 0.0667. The van der Waals surface area contributed by atoms with Gasteiger partial charge in [0.15, 0.2) is 0 Å². The first-order valence-corrected chi connectivity index (χ1v) is 7.60. The highest BCUT2D eigenvalue weighted by Crippen LogP contribution is 2.22. The van der Waals surface area contributed by atoms with Gasteiger partial charge in [-0.25, -0.2) is 9.78 Å². The van der Waals surface area contributed by atoms with Gasteiger partial charge in [-0.3, -0.25) is 0 Å². The molecule has 1 aromatic heterocycles. The minimum absolute atomic E-state index is 0.203. The highest BCUT2D eigenvalue weighted by Gasteiger charge is 2.09. The van der Waals surface area contributed by atoms with Crippen LogP contribution < -0.4 is 0 Å². The molecule has 0 fully saturated rings. The number of carbonyl (C=O) groups is 1. The molecule has 0 N–H and O–H groups in total. The third-order valence-corrected chi connectivity index (χ3v) is 4.28. The monoisotopic (exact) mass is 347 g/mol. The smallest absolute Gasteiger partial charge is 0.338 e. The number of carbonyl (C=O) groups excluding carboxylic acids is 1. The number of esters is 1. The molecule has 0 aliphatic carbocycles. The zero-order valence-electron chi connectivity index (χ0n) is 10.4. The number of halogens is 1. The van der Waals surface area contributed by atoms with Gasteiger partial charge >= 0.3 is 5.97 Å². The molecule has 3 rings (SSSR count). The van der Waals surface area contributed by atoms with E-state index in [-0.39, 0.29) is 12.6 Å². The van der Waals surface area contributed by atoms with E-state index in [1.807, 2.05) is 36.4 Å². The average molecular weight is 348 g/mol. The molecular formula is C15H10BrNO2S. The minimum atomic E-state index is -0.336. The number of aromatic nitrogens is 1. The highest BCUT2D eigenvalue weighted by atomic mass is 79.9. The van der Waals surface area contributed by atoms with Gasteiger partial charge in [-0.05, 0) is 36.4 Å². The molecule has 3 aromatic rings. The van der Waals surface area contributed by atoms with Crippen molar-refractivity contribution < 1.29 is 9.53 Å². The third kappa shape index (κ3) is 2.89. The summed E-state index contributed by atoms with van der Waals surface area (Å²) in [6, 6.07) is 15.0. The Morgan fingerprint density at radius 1 is 1.15 bits per heavy atom. The van der Waals surface area contributed by atoms with E-state index in [0.29, 0.717) is 5.56 Å². The van der Waals surface area contributed by atoms with Crippen molar-refractivity contribution in [1.29, 1.82) is 0 Å². The second-order valence-corrected chi connectivity index (χ2v) is 6.19. The van der Waals surface area contributed by atoms with Crippen LogP contribution in [0.4, 0.5) is 0 Å². The number of nitrogens with zero attached hydrogens (tertiary/aromatic N) is 1. The van der Waals surface area contributed by atoms with E-state index in [2.05, 4.69) is 20.9 Å². The SMILES string of the molecule is O=C(OCc1nc2ccccc2s1)c1ccc(Br)cc1. The Balaban J connectivity index is 1.69. The fourth-order valence-electron chi connectivity index (χ4n) is 1.78. The first kappa shape index (κ1) is 13.3. The molecule has 5 heteroatoms. The topological polar surface area (TPSA) is 39.2 Å². The van der Waals surface area contributed by atoms with E-state index in [0.717, 1.165) is 19.7 Å². The van der Waals surface area contributed by atoms with Crippen LogP contribution in [0.1, 0.15) is 15.4 Å². The predicted octanol–water partition coefficient (Wildman–Crippen LogP) is 4.42. The molecule has 2 aromatic carbocycles. The van der Waals surface area contributed by atoms with Crippen molar-refractivity contribution in [2.75, 3.05) is 0 Å². The van der Waals surface area contributed by atoms with Crippen molar-refractivity contribution in [2.24, 2.45) is 0 Å². The molecule has 0 atom stereocenters. The molecule has 1 heterocycles. The van der Waals surface area contributed by atoms with Gasteiger partial charge in [0.25, 0.3) is 0 Å². The van der Waals surface area contributed by atoms with E-state index in [9.17, 15) is 4.79 Å². The molecular weight excluding hydrogens is 338 g/mol. The molecule has 0 aliphatic rings. The number of rotatable bonds is 3. The zero-order chi connectivity index (χ0) is 13.9. The molecule has 0 saturated carbocycles. The van der Waals surface area contributed by atoms with Crippen molar-refractivity contribution in [3.05, 3.63) is 63.6 Å². The fourth-order valence-corrected chi connectivity index (χ4v) is 2.92. The standard InChI is InChI=1S/C15H10BrNO2S/c16-11-7-5-10(6-8-11)15(18)19-9-14-17-12-3-1-2-4-13(12)20-14/h1-8H,9H2. The summed E-state index contributed by atoms with van der Waals surface area (Å²) in [4.78, 5) is 16.3. The van der Waals surface area contributed by atoms with Gasteiger partial charge in [0, 0.05) is 4.47 Å². The van der Waals surface area contributed by atoms with Crippen LogP contribution in [0.25, 0.3) is 10.2 Å². The molecule has 0 aliphatic heterocycles. The predicted molar refractivity (Wildman–Crippen MR) is 82.9 cm³/mol. The molecule has 100 valence electrons. The molecule has 0 radical (unpaired) electrons. The maximum absolute atomic E-state index is 11.9. The van der Waals surface area contributed by atoms with Gasteiger partial charge in [-0.15, -0.1) is 11.3 Å². The summed E-state index contributed by atoms with van der Waals surface area (Å²) >= 11 is 4.87. The first-order valence-electron chi connectivity index (χ1n) is 5.99. The normalized spacial score (nSPS) is 10.7. The number of benzene rings is 2. The van der Waals surface area contributed by atoms with Crippen molar-refractivity contribution in [2.45, 2.75) is 6.61 Å². The molecule has 0 saturated heterocycles. The summed E-state index contributed by atoms with van der Waals surface area (Å²) in [5.74, 6) is -0.336. The summed E-state index contributed by atoms with van der Waals surface area (Å²) in [6.07, 6.45) is 0. The third-order valence-electron chi connectivity index (χ3n) is 2.74. The van der Waals surface area contributed by atoms with Gasteiger partial charge < -0.3 is 4.74 Å². The van der Waals surface area contributed by atoms with Gasteiger partial charge in [0.1, 0.15) is 11.6 Å². The van der Waals surface area contributed by atoms with Crippen LogP contribution in [-0.4, -0.2) is 11.0 Å².